The largest absolute Gasteiger partial charge is 0.381 e. The van der Waals surface area contributed by atoms with Gasteiger partial charge in [-0.2, -0.15) is 0 Å². The number of hydrogen-bond donors (Lipinski definition) is 2. The Bertz CT molecular complexity index is 618. The number of nitrogens with one attached hydrogen (secondary N) is 2. The van der Waals surface area contributed by atoms with Crippen LogP contribution >= 0.6 is 0 Å². The standard InChI is InChI=1S/C21H31N3O3/c1-16-2-4-17(5-3-16)14-22-20(25)21(26)23-15-18-6-10-24(11-7-18)19-8-12-27-13-9-19/h2-5,18-19H,6-15H2,1H3,(H,22,25)(H,23,26). The van der Waals surface area contributed by atoms with Crippen LogP contribution in [0.25, 0.3) is 0 Å². The van der Waals surface area contributed by atoms with Crippen LogP contribution < -0.4 is 10.6 Å². The molecule has 0 unspecified atom stereocenters. The van der Waals surface area contributed by atoms with Crippen LogP contribution in [-0.4, -0.2) is 55.6 Å². The maximum Gasteiger partial charge on any atom is 0.309 e. The zero-order valence-corrected chi connectivity index (χ0v) is 16.2. The minimum atomic E-state index is -0.560. The van der Waals surface area contributed by atoms with Crippen molar-refractivity contribution in [3.05, 3.63) is 35.4 Å². The quantitative estimate of drug-likeness (QED) is 0.770. The predicted octanol–water partition coefficient (Wildman–Crippen LogP) is 1.62. The molecule has 2 N–H and O–H groups in total. The van der Waals surface area contributed by atoms with Crippen LogP contribution in [0, 0.1) is 12.8 Å². The van der Waals surface area contributed by atoms with E-state index in [1.807, 2.05) is 31.2 Å². The summed E-state index contributed by atoms with van der Waals surface area (Å²) in [6.45, 7) is 6.87. The smallest absolute Gasteiger partial charge is 0.309 e. The zero-order valence-electron chi connectivity index (χ0n) is 16.2. The maximum atomic E-state index is 12.0. The van der Waals surface area contributed by atoms with E-state index in [0.717, 1.165) is 57.6 Å². The van der Waals surface area contributed by atoms with Crippen LogP contribution in [0.2, 0.25) is 0 Å². The fourth-order valence-corrected chi connectivity index (χ4v) is 3.86. The molecule has 3 rings (SSSR count). The first kappa shape index (κ1) is 19.8. The number of likely N-dealkylation sites (tertiary alicyclic amines) is 1. The van der Waals surface area contributed by atoms with Crippen LogP contribution in [0.3, 0.4) is 0 Å². The van der Waals surface area contributed by atoms with E-state index in [1.165, 1.54) is 5.56 Å². The SMILES string of the molecule is Cc1ccc(CNC(=O)C(=O)NCC2CCN(C3CCOCC3)CC2)cc1. The highest BCUT2D eigenvalue weighted by molar-refractivity contribution is 6.35. The molecule has 2 heterocycles. The molecular weight excluding hydrogens is 342 g/mol. The summed E-state index contributed by atoms with van der Waals surface area (Å²) in [5.41, 5.74) is 2.16. The van der Waals surface area contributed by atoms with E-state index in [4.69, 9.17) is 4.74 Å². The molecule has 0 radical (unpaired) electrons. The highest BCUT2D eigenvalue weighted by Crippen LogP contribution is 2.22. The first-order valence-corrected chi connectivity index (χ1v) is 10.0. The second-order valence-electron chi connectivity index (χ2n) is 7.70. The molecule has 148 valence electrons. The summed E-state index contributed by atoms with van der Waals surface area (Å²) in [5, 5.41) is 5.49. The Morgan fingerprint density at radius 1 is 1.00 bits per heavy atom. The van der Waals surface area contributed by atoms with Crippen LogP contribution in [0.1, 0.15) is 36.8 Å². The van der Waals surface area contributed by atoms with Gasteiger partial charge >= 0.3 is 11.8 Å². The van der Waals surface area contributed by atoms with Gasteiger partial charge in [-0.25, -0.2) is 0 Å². The first-order valence-electron chi connectivity index (χ1n) is 10.0. The lowest BCUT2D eigenvalue weighted by molar-refractivity contribution is -0.139. The van der Waals surface area contributed by atoms with Gasteiger partial charge in [-0.1, -0.05) is 29.8 Å². The minimum absolute atomic E-state index is 0.371. The molecule has 0 saturated carbocycles. The van der Waals surface area contributed by atoms with Crippen molar-refractivity contribution in [3.8, 4) is 0 Å². The van der Waals surface area contributed by atoms with Crippen molar-refractivity contribution in [3.63, 3.8) is 0 Å². The average molecular weight is 373 g/mol. The molecule has 2 fully saturated rings. The highest BCUT2D eigenvalue weighted by atomic mass is 16.5. The molecule has 0 spiro atoms. The van der Waals surface area contributed by atoms with Crippen LogP contribution in [0.4, 0.5) is 0 Å². The fraction of sp³-hybridized carbons (Fsp3) is 0.619. The summed E-state index contributed by atoms with van der Waals surface area (Å²) in [4.78, 5) is 26.6. The van der Waals surface area contributed by atoms with Crippen molar-refractivity contribution in [2.45, 2.75) is 45.2 Å². The van der Waals surface area contributed by atoms with Crippen molar-refractivity contribution in [1.29, 1.82) is 0 Å². The number of aryl methyl sites for hydroxylation is 1. The van der Waals surface area contributed by atoms with E-state index < -0.39 is 11.8 Å². The first-order chi connectivity index (χ1) is 13.1. The Morgan fingerprint density at radius 3 is 2.30 bits per heavy atom. The normalized spacial score (nSPS) is 19.6. The van der Waals surface area contributed by atoms with Gasteiger partial charge in [0.25, 0.3) is 0 Å². The van der Waals surface area contributed by atoms with Gasteiger partial charge < -0.3 is 20.3 Å². The number of hydrogen-bond acceptors (Lipinski definition) is 4. The van der Waals surface area contributed by atoms with Gasteiger partial charge in [0.15, 0.2) is 0 Å². The van der Waals surface area contributed by atoms with Crippen molar-refractivity contribution in [1.82, 2.24) is 15.5 Å². The number of piperidine rings is 1. The van der Waals surface area contributed by atoms with Gasteiger partial charge in [-0.15, -0.1) is 0 Å². The minimum Gasteiger partial charge on any atom is -0.381 e. The highest BCUT2D eigenvalue weighted by Gasteiger charge is 2.27. The van der Waals surface area contributed by atoms with E-state index in [9.17, 15) is 9.59 Å². The third-order valence-corrected chi connectivity index (χ3v) is 5.69. The third-order valence-electron chi connectivity index (χ3n) is 5.69. The fourth-order valence-electron chi connectivity index (χ4n) is 3.86. The molecule has 6 heteroatoms. The van der Waals surface area contributed by atoms with E-state index >= 15 is 0 Å². The summed E-state index contributed by atoms with van der Waals surface area (Å²) in [6, 6.07) is 8.56. The molecule has 1 aromatic carbocycles. The second-order valence-corrected chi connectivity index (χ2v) is 7.70. The molecular formula is C21H31N3O3. The van der Waals surface area contributed by atoms with Gasteiger partial charge in [0, 0.05) is 32.3 Å². The van der Waals surface area contributed by atoms with Crippen molar-refractivity contribution >= 4 is 11.8 Å². The third kappa shape index (κ3) is 6.04. The summed E-state index contributed by atoms with van der Waals surface area (Å²) in [5.74, 6) is -0.640. The summed E-state index contributed by atoms with van der Waals surface area (Å²) in [6.07, 6.45) is 4.40. The van der Waals surface area contributed by atoms with E-state index in [1.54, 1.807) is 0 Å². The summed E-state index contributed by atoms with van der Waals surface area (Å²) < 4.78 is 5.44. The van der Waals surface area contributed by atoms with E-state index in [2.05, 4.69) is 15.5 Å². The van der Waals surface area contributed by atoms with Crippen LogP contribution in [0.5, 0.6) is 0 Å². The van der Waals surface area contributed by atoms with Crippen molar-refractivity contribution in [2.24, 2.45) is 5.92 Å². The van der Waals surface area contributed by atoms with Crippen molar-refractivity contribution < 1.29 is 14.3 Å². The summed E-state index contributed by atoms with van der Waals surface area (Å²) in [7, 11) is 0. The predicted molar refractivity (Wildman–Crippen MR) is 104 cm³/mol. The summed E-state index contributed by atoms with van der Waals surface area (Å²) >= 11 is 0. The Labute approximate surface area is 161 Å². The number of carbonyl (C=O) groups is 2. The topological polar surface area (TPSA) is 70.7 Å². The number of amides is 2. The number of benzene rings is 1. The Kier molecular flexibility index (Phi) is 7.24. The van der Waals surface area contributed by atoms with Crippen LogP contribution in [-0.2, 0) is 20.9 Å². The van der Waals surface area contributed by atoms with Crippen LogP contribution in [0.15, 0.2) is 24.3 Å². The van der Waals surface area contributed by atoms with Gasteiger partial charge in [-0.3, -0.25) is 9.59 Å². The van der Waals surface area contributed by atoms with Gasteiger partial charge in [0.05, 0.1) is 0 Å². The molecule has 2 amide bonds. The van der Waals surface area contributed by atoms with Gasteiger partial charge in [0.1, 0.15) is 0 Å². The van der Waals surface area contributed by atoms with E-state index in [0.29, 0.717) is 25.0 Å². The molecule has 0 aliphatic carbocycles. The molecule has 2 aliphatic rings. The number of ether oxygens (including phenoxy) is 1. The molecule has 0 aromatic heterocycles. The number of rotatable bonds is 5. The number of nitrogens with zero attached hydrogens (tertiary/aromatic N) is 1. The lowest BCUT2D eigenvalue weighted by Crippen LogP contribution is -2.47. The van der Waals surface area contributed by atoms with E-state index in [-0.39, 0.29) is 0 Å². The Morgan fingerprint density at radius 2 is 1.63 bits per heavy atom. The molecule has 6 nitrogen and oxygen atoms in total. The van der Waals surface area contributed by atoms with Crippen molar-refractivity contribution in [2.75, 3.05) is 32.8 Å². The molecule has 0 atom stereocenters. The molecule has 1 aromatic rings. The average Bonchev–Trinajstić information content (AvgIpc) is 2.72. The van der Waals surface area contributed by atoms with Gasteiger partial charge in [0.2, 0.25) is 0 Å². The maximum absolute atomic E-state index is 12.0. The van der Waals surface area contributed by atoms with Gasteiger partial charge in [-0.05, 0) is 57.2 Å². The Hall–Kier alpha value is -1.92. The molecule has 0 bridgehead atoms. The molecule has 27 heavy (non-hydrogen) atoms. The lowest BCUT2D eigenvalue weighted by Gasteiger charge is -2.39. The lowest BCUT2D eigenvalue weighted by atomic mass is 9.94. The zero-order chi connectivity index (χ0) is 19.1. The molecule has 2 saturated heterocycles. The Balaban J connectivity index is 1.33. The second kappa shape index (κ2) is 9.85. The number of carbonyl (C=O) groups excluding carboxylic acids is 2. The monoisotopic (exact) mass is 373 g/mol. The molecule has 2 aliphatic heterocycles.